The van der Waals surface area contributed by atoms with Gasteiger partial charge in [-0.15, -0.1) is 0 Å². The van der Waals surface area contributed by atoms with Crippen LogP contribution in [0.25, 0.3) is 11.3 Å². The van der Waals surface area contributed by atoms with Crippen molar-refractivity contribution in [3.63, 3.8) is 0 Å². The Bertz CT molecular complexity index is 758. The third-order valence-corrected chi connectivity index (χ3v) is 3.21. The SMILES string of the molecule is CC.CC(=O)c1cc(C#N)c(-c2cc(C(F)(F)F)ccc2Cl)[nH]1. The highest BCUT2D eigenvalue weighted by Gasteiger charge is 2.31. The number of hydrogen-bond donors (Lipinski definition) is 1. The Labute approximate surface area is 136 Å². The molecule has 3 nitrogen and oxygen atoms in total. The van der Waals surface area contributed by atoms with E-state index in [1.54, 1.807) is 0 Å². The first kappa shape index (κ1) is 18.8. The van der Waals surface area contributed by atoms with Gasteiger partial charge in [0, 0.05) is 17.5 Å². The molecule has 0 unspecified atom stereocenters. The molecule has 23 heavy (non-hydrogen) atoms. The van der Waals surface area contributed by atoms with Crippen molar-refractivity contribution in [2.75, 3.05) is 0 Å². The molecule has 2 rings (SSSR count). The van der Waals surface area contributed by atoms with Gasteiger partial charge < -0.3 is 4.98 Å². The summed E-state index contributed by atoms with van der Waals surface area (Å²) in [4.78, 5) is 14.0. The molecule has 0 aliphatic heterocycles. The first-order chi connectivity index (χ1) is 10.7. The summed E-state index contributed by atoms with van der Waals surface area (Å²) in [5.41, 5.74) is -0.574. The van der Waals surface area contributed by atoms with Gasteiger partial charge in [0.1, 0.15) is 6.07 Å². The second-order valence-corrected chi connectivity index (χ2v) is 4.74. The van der Waals surface area contributed by atoms with E-state index in [9.17, 15) is 18.0 Å². The van der Waals surface area contributed by atoms with Gasteiger partial charge in [-0.3, -0.25) is 4.79 Å². The highest BCUT2D eigenvalue weighted by molar-refractivity contribution is 6.33. The van der Waals surface area contributed by atoms with Crippen LogP contribution in [0.3, 0.4) is 0 Å². The molecule has 0 radical (unpaired) electrons. The quantitative estimate of drug-likeness (QED) is 0.737. The van der Waals surface area contributed by atoms with Gasteiger partial charge in [-0.25, -0.2) is 0 Å². The molecule has 122 valence electrons. The molecular weight excluding hydrogens is 329 g/mol. The zero-order chi connectivity index (χ0) is 17.8. The zero-order valence-corrected chi connectivity index (χ0v) is 13.4. The number of rotatable bonds is 2. The lowest BCUT2D eigenvalue weighted by molar-refractivity contribution is -0.137. The van der Waals surface area contributed by atoms with Crippen molar-refractivity contribution in [3.8, 4) is 17.3 Å². The predicted molar refractivity (Wildman–Crippen MR) is 82.3 cm³/mol. The van der Waals surface area contributed by atoms with E-state index in [0.717, 1.165) is 18.2 Å². The molecule has 0 amide bonds. The number of carbonyl (C=O) groups is 1. The Morgan fingerprint density at radius 1 is 1.26 bits per heavy atom. The van der Waals surface area contributed by atoms with Crippen LogP contribution in [-0.4, -0.2) is 10.8 Å². The van der Waals surface area contributed by atoms with Crippen LogP contribution in [0.2, 0.25) is 5.02 Å². The molecule has 1 aromatic carbocycles. The minimum atomic E-state index is -4.53. The van der Waals surface area contributed by atoms with Crippen molar-refractivity contribution in [1.82, 2.24) is 4.98 Å². The number of hydrogen-bond acceptors (Lipinski definition) is 2. The van der Waals surface area contributed by atoms with E-state index in [0.29, 0.717) is 0 Å². The summed E-state index contributed by atoms with van der Waals surface area (Å²) in [7, 11) is 0. The molecule has 2 aromatic rings. The average molecular weight is 343 g/mol. The normalized spacial score (nSPS) is 10.5. The molecule has 0 saturated heterocycles. The zero-order valence-electron chi connectivity index (χ0n) is 12.7. The maximum atomic E-state index is 12.8. The highest BCUT2D eigenvalue weighted by Crippen LogP contribution is 2.36. The number of Topliss-reactive ketones (excluding diaryl/α,β-unsaturated/α-hetero) is 1. The van der Waals surface area contributed by atoms with Crippen molar-refractivity contribution in [3.05, 3.63) is 46.1 Å². The number of ketones is 1. The lowest BCUT2D eigenvalue weighted by Crippen LogP contribution is -2.05. The Morgan fingerprint density at radius 2 is 1.87 bits per heavy atom. The Hall–Kier alpha value is -2.26. The van der Waals surface area contributed by atoms with E-state index < -0.39 is 11.7 Å². The molecule has 0 fully saturated rings. The van der Waals surface area contributed by atoms with Crippen LogP contribution >= 0.6 is 11.6 Å². The first-order valence-corrected chi connectivity index (χ1v) is 7.13. The first-order valence-electron chi connectivity index (χ1n) is 6.75. The van der Waals surface area contributed by atoms with Gasteiger partial charge in [-0.2, -0.15) is 18.4 Å². The molecule has 0 aliphatic carbocycles. The Kier molecular flexibility index (Phi) is 5.99. The van der Waals surface area contributed by atoms with E-state index in [2.05, 4.69) is 4.98 Å². The maximum absolute atomic E-state index is 12.8. The molecule has 1 aromatic heterocycles. The van der Waals surface area contributed by atoms with Gasteiger partial charge in [0.25, 0.3) is 0 Å². The molecule has 0 saturated carbocycles. The Morgan fingerprint density at radius 3 is 2.35 bits per heavy atom. The van der Waals surface area contributed by atoms with E-state index in [1.807, 2.05) is 19.9 Å². The summed E-state index contributed by atoms with van der Waals surface area (Å²) in [6, 6.07) is 5.92. The van der Waals surface area contributed by atoms with Crippen molar-refractivity contribution in [1.29, 1.82) is 5.26 Å². The van der Waals surface area contributed by atoms with Crippen LogP contribution in [0.5, 0.6) is 0 Å². The average Bonchev–Trinajstić information content (AvgIpc) is 2.93. The molecule has 1 N–H and O–H groups in total. The van der Waals surface area contributed by atoms with Crippen molar-refractivity contribution >= 4 is 17.4 Å². The Balaban J connectivity index is 0.00000127. The number of H-pyrrole nitrogens is 1. The van der Waals surface area contributed by atoms with Gasteiger partial charge in [0.05, 0.1) is 22.5 Å². The molecule has 0 spiro atoms. The van der Waals surface area contributed by atoms with E-state index >= 15 is 0 Å². The largest absolute Gasteiger partial charge is 0.416 e. The van der Waals surface area contributed by atoms with Crippen LogP contribution in [0, 0.1) is 11.3 Å². The molecular formula is C16H14ClF3N2O. The van der Waals surface area contributed by atoms with Crippen molar-refractivity contribution in [2.24, 2.45) is 0 Å². The summed E-state index contributed by atoms with van der Waals surface area (Å²) in [6.45, 7) is 5.28. The van der Waals surface area contributed by atoms with Gasteiger partial charge in [-0.1, -0.05) is 25.4 Å². The van der Waals surface area contributed by atoms with E-state index in [-0.39, 0.29) is 33.3 Å². The minimum Gasteiger partial charge on any atom is -0.351 e. The summed E-state index contributed by atoms with van der Waals surface area (Å²) < 4.78 is 38.3. The maximum Gasteiger partial charge on any atom is 0.416 e. The lowest BCUT2D eigenvalue weighted by Gasteiger charge is -2.10. The van der Waals surface area contributed by atoms with Crippen molar-refractivity contribution in [2.45, 2.75) is 26.9 Å². The van der Waals surface area contributed by atoms with Gasteiger partial charge >= 0.3 is 6.18 Å². The van der Waals surface area contributed by atoms with Crippen LogP contribution < -0.4 is 0 Å². The number of benzene rings is 1. The van der Waals surface area contributed by atoms with E-state index in [4.69, 9.17) is 16.9 Å². The monoisotopic (exact) mass is 342 g/mol. The predicted octanol–water partition coefficient (Wildman–Crippen LogP) is 5.45. The van der Waals surface area contributed by atoms with Crippen LogP contribution in [0.4, 0.5) is 13.2 Å². The second kappa shape index (κ2) is 7.34. The molecule has 7 heteroatoms. The number of nitrogens with zero attached hydrogens (tertiary/aromatic N) is 1. The third kappa shape index (κ3) is 4.14. The summed E-state index contributed by atoms with van der Waals surface area (Å²) in [6.07, 6.45) is -4.53. The second-order valence-electron chi connectivity index (χ2n) is 4.33. The molecule has 0 aliphatic rings. The minimum absolute atomic E-state index is 0.0236. The molecule has 0 atom stereocenters. The van der Waals surface area contributed by atoms with Crippen LogP contribution in [0.15, 0.2) is 24.3 Å². The fourth-order valence-electron chi connectivity index (χ4n) is 1.84. The number of alkyl halides is 3. The lowest BCUT2D eigenvalue weighted by atomic mass is 10.1. The summed E-state index contributed by atoms with van der Waals surface area (Å²) >= 11 is 5.92. The number of aromatic amines is 1. The fraction of sp³-hybridized carbons (Fsp3) is 0.250. The topological polar surface area (TPSA) is 56.6 Å². The standard InChI is InChI=1S/C14H8ClF3N2O.C2H6/c1-7(21)12-4-8(6-19)13(20-12)10-5-9(14(16,17)18)2-3-11(10)15;1-2/h2-5,20H,1H3;1-2H3. The van der Waals surface area contributed by atoms with E-state index in [1.165, 1.54) is 13.0 Å². The highest BCUT2D eigenvalue weighted by atomic mass is 35.5. The molecule has 1 heterocycles. The number of nitriles is 1. The number of aromatic nitrogens is 1. The number of nitrogens with one attached hydrogen (secondary N) is 1. The number of halogens is 4. The smallest absolute Gasteiger partial charge is 0.351 e. The number of carbonyl (C=O) groups excluding carboxylic acids is 1. The van der Waals surface area contributed by atoms with Crippen LogP contribution in [0.1, 0.15) is 42.4 Å². The fourth-order valence-corrected chi connectivity index (χ4v) is 2.05. The van der Waals surface area contributed by atoms with Gasteiger partial charge in [0.2, 0.25) is 0 Å². The van der Waals surface area contributed by atoms with Gasteiger partial charge in [-0.05, 0) is 24.3 Å². The molecule has 0 bridgehead atoms. The third-order valence-electron chi connectivity index (χ3n) is 2.88. The summed E-state index contributed by atoms with van der Waals surface area (Å²) in [5.74, 6) is -0.333. The van der Waals surface area contributed by atoms with Crippen LogP contribution in [-0.2, 0) is 6.18 Å². The van der Waals surface area contributed by atoms with Gasteiger partial charge in [0.15, 0.2) is 5.78 Å². The summed E-state index contributed by atoms with van der Waals surface area (Å²) in [5, 5.41) is 9.10. The van der Waals surface area contributed by atoms with Crippen molar-refractivity contribution < 1.29 is 18.0 Å².